The van der Waals surface area contributed by atoms with Crippen LogP contribution in [0.15, 0.2) is 53.9 Å². The van der Waals surface area contributed by atoms with Gasteiger partial charge in [0.1, 0.15) is 17.0 Å². The van der Waals surface area contributed by atoms with E-state index in [0.717, 1.165) is 0 Å². The van der Waals surface area contributed by atoms with Crippen LogP contribution in [0.5, 0.6) is 5.75 Å². The Bertz CT molecular complexity index is 1180. The maximum absolute atomic E-state index is 13.5. The van der Waals surface area contributed by atoms with E-state index in [1.54, 1.807) is 63.2 Å². The van der Waals surface area contributed by atoms with Gasteiger partial charge < -0.3 is 14.6 Å². The van der Waals surface area contributed by atoms with E-state index in [1.165, 1.54) is 24.5 Å². The van der Waals surface area contributed by atoms with E-state index in [4.69, 9.17) is 9.47 Å². The van der Waals surface area contributed by atoms with Crippen molar-refractivity contribution in [3.63, 3.8) is 0 Å². The molecule has 0 saturated carbocycles. The highest BCUT2D eigenvalue weighted by Crippen LogP contribution is 2.34. The molecule has 1 atom stereocenters. The average Bonchev–Trinajstić information content (AvgIpc) is 3.31. The molecule has 3 aromatic rings. The van der Waals surface area contributed by atoms with Crippen LogP contribution in [0.3, 0.4) is 0 Å². The normalized spacial score (nSPS) is 12.0. The predicted octanol–water partition coefficient (Wildman–Crippen LogP) is 5.41. The summed E-state index contributed by atoms with van der Waals surface area (Å²) in [4.78, 5) is 42.2. The van der Waals surface area contributed by atoms with Crippen molar-refractivity contribution >= 4 is 34.9 Å². The summed E-state index contributed by atoms with van der Waals surface area (Å²) in [6.45, 7) is 5.26. The summed E-state index contributed by atoms with van der Waals surface area (Å²) < 4.78 is 10.7. The van der Waals surface area contributed by atoms with Crippen molar-refractivity contribution in [1.29, 1.82) is 0 Å². The van der Waals surface area contributed by atoms with Crippen molar-refractivity contribution in [1.82, 2.24) is 4.98 Å². The van der Waals surface area contributed by atoms with Crippen LogP contribution in [0.2, 0.25) is 0 Å². The van der Waals surface area contributed by atoms with E-state index in [9.17, 15) is 19.5 Å². The first-order valence-electron chi connectivity index (χ1n) is 10.5. The molecule has 1 aromatic carbocycles. The number of aromatic carboxylic acids is 1. The molecule has 0 radical (unpaired) electrons. The second kappa shape index (κ2) is 10.5. The molecule has 0 saturated heterocycles. The Morgan fingerprint density at radius 2 is 1.88 bits per heavy atom. The van der Waals surface area contributed by atoms with E-state index < -0.39 is 23.6 Å². The summed E-state index contributed by atoms with van der Waals surface area (Å²) >= 11 is 1.31. The van der Waals surface area contributed by atoms with E-state index in [-0.39, 0.29) is 17.9 Å². The highest BCUT2D eigenvalue weighted by molar-refractivity contribution is 7.12. The van der Waals surface area contributed by atoms with Crippen molar-refractivity contribution in [3.05, 3.63) is 75.7 Å². The minimum atomic E-state index is -1.15. The van der Waals surface area contributed by atoms with Gasteiger partial charge in [0.2, 0.25) is 0 Å². The number of methoxy groups -OCH3 is 1. The van der Waals surface area contributed by atoms with E-state index in [2.05, 4.69) is 10.3 Å². The molecule has 8 nitrogen and oxygen atoms in total. The topological polar surface area (TPSA) is 115 Å². The van der Waals surface area contributed by atoms with Gasteiger partial charge in [-0.15, -0.1) is 11.3 Å². The van der Waals surface area contributed by atoms with Crippen molar-refractivity contribution in [2.75, 3.05) is 12.4 Å². The number of carboxylic acids is 1. The summed E-state index contributed by atoms with van der Waals surface area (Å²) in [7, 11) is 1.50. The highest BCUT2D eigenvalue weighted by Gasteiger charge is 2.28. The lowest BCUT2D eigenvalue weighted by atomic mass is 9.88. The van der Waals surface area contributed by atoms with Gasteiger partial charge in [-0.2, -0.15) is 0 Å². The number of nitrogens with zero attached hydrogens (tertiary/aromatic N) is 1. The van der Waals surface area contributed by atoms with Crippen molar-refractivity contribution in [2.45, 2.75) is 38.7 Å². The van der Waals surface area contributed by atoms with Crippen molar-refractivity contribution < 1.29 is 29.0 Å². The number of ether oxygens (including phenoxy) is 2. The predicted molar refractivity (Wildman–Crippen MR) is 129 cm³/mol. The number of benzene rings is 1. The SMILES string of the molecule is COc1ccc(C(Cc2cccc(C(=O)O)n2)C(=O)c2cccs2)c(NC(=O)OC(C)(C)C)c1. The molecule has 2 heterocycles. The van der Waals surface area contributed by atoms with Crippen LogP contribution in [0.1, 0.15) is 58.1 Å². The van der Waals surface area contributed by atoms with Crippen LogP contribution in [-0.4, -0.2) is 40.6 Å². The van der Waals surface area contributed by atoms with Crippen molar-refractivity contribution in [3.8, 4) is 5.75 Å². The first-order chi connectivity index (χ1) is 16.1. The van der Waals surface area contributed by atoms with Crippen LogP contribution in [-0.2, 0) is 11.2 Å². The quantitative estimate of drug-likeness (QED) is 0.413. The molecular formula is C25H26N2O6S. The Labute approximate surface area is 201 Å². The number of anilines is 1. The summed E-state index contributed by atoms with van der Waals surface area (Å²) in [5.41, 5.74) is 0.511. The fourth-order valence-electron chi connectivity index (χ4n) is 3.34. The maximum atomic E-state index is 13.5. The first-order valence-corrected chi connectivity index (χ1v) is 11.4. The minimum absolute atomic E-state index is 0.110. The number of hydrogen-bond acceptors (Lipinski definition) is 7. The number of ketones is 1. The second-order valence-electron chi connectivity index (χ2n) is 8.50. The van der Waals surface area contributed by atoms with Crippen LogP contribution >= 0.6 is 11.3 Å². The number of nitrogens with one attached hydrogen (secondary N) is 1. The van der Waals surface area contributed by atoms with E-state index in [1.807, 2.05) is 5.38 Å². The number of carbonyl (C=O) groups is 3. The zero-order valence-electron chi connectivity index (χ0n) is 19.3. The van der Waals surface area contributed by atoms with Gasteiger partial charge in [-0.3, -0.25) is 10.1 Å². The van der Waals surface area contributed by atoms with Gasteiger partial charge in [0, 0.05) is 18.2 Å². The van der Waals surface area contributed by atoms with Crippen LogP contribution in [0.4, 0.5) is 10.5 Å². The number of pyridine rings is 1. The molecule has 1 amide bonds. The molecule has 178 valence electrons. The third-order valence-corrected chi connectivity index (χ3v) is 5.68. The minimum Gasteiger partial charge on any atom is -0.497 e. The van der Waals surface area contributed by atoms with Crippen LogP contribution in [0, 0.1) is 0 Å². The highest BCUT2D eigenvalue weighted by atomic mass is 32.1. The Kier molecular flexibility index (Phi) is 7.68. The van der Waals surface area contributed by atoms with Gasteiger partial charge in [0.05, 0.1) is 23.6 Å². The molecule has 0 spiro atoms. The number of carbonyl (C=O) groups excluding carboxylic acids is 2. The zero-order chi connectivity index (χ0) is 24.9. The Morgan fingerprint density at radius 3 is 2.50 bits per heavy atom. The molecule has 0 aliphatic carbocycles. The summed E-state index contributed by atoms with van der Waals surface area (Å²) in [6.07, 6.45) is -0.539. The molecule has 3 rings (SSSR count). The van der Waals surface area contributed by atoms with Gasteiger partial charge in [-0.05, 0) is 56.0 Å². The number of amides is 1. The molecule has 0 bridgehead atoms. The van der Waals surface area contributed by atoms with Gasteiger partial charge in [-0.1, -0.05) is 18.2 Å². The fraction of sp³-hybridized carbons (Fsp3) is 0.280. The molecule has 0 aliphatic rings. The molecule has 0 aliphatic heterocycles. The first kappa shape index (κ1) is 24.9. The molecular weight excluding hydrogens is 456 g/mol. The van der Waals surface area contributed by atoms with Crippen LogP contribution < -0.4 is 10.1 Å². The lowest BCUT2D eigenvalue weighted by Crippen LogP contribution is -2.28. The standard InChI is InChI=1S/C25H26N2O6S/c1-25(2,3)33-24(31)27-20-14-16(32-4)10-11-17(20)18(22(28)21-9-6-12-34-21)13-15-7-5-8-19(26-15)23(29)30/h5-12,14,18H,13H2,1-4H3,(H,27,31)(H,29,30). The van der Waals surface area contributed by atoms with E-state index in [0.29, 0.717) is 27.6 Å². The lowest BCUT2D eigenvalue weighted by molar-refractivity contribution is 0.0633. The Hall–Kier alpha value is -3.72. The zero-order valence-corrected chi connectivity index (χ0v) is 20.1. The van der Waals surface area contributed by atoms with Gasteiger partial charge in [0.25, 0.3) is 0 Å². The average molecular weight is 483 g/mol. The largest absolute Gasteiger partial charge is 0.497 e. The third-order valence-electron chi connectivity index (χ3n) is 4.79. The second-order valence-corrected chi connectivity index (χ2v) is 9.45. The number of hydrogen-bond donors (Lipinski definition) is 2. The fourth-order valence-corrected chi connectivity index (χ4v) is 4.06. The number of Topliss-reactive ketones (excluding diaryl/α,β-unsaturated/α-hetero) is 1. The summed E-state index contributed by atoms with van der Waals surface area (Å²) in [5, 5.41) is 13.9. The number of aromatic nitrogens is 1. The van der Waals surface area contributed by atoms with Crippen LogP contribution in [0.25, 0.3) is 0 Å². The Morgan fingerprint density at radius 1 is 1.12 bits per heavy atom. The van der Waals surface area contributed by atoms with Crippen molar-refractivity contribution in [2.24, 2.45) is 0 Å². The molecule has 2 N–H and O–H groups in total. The molecule has 1 unspecified atom stereocenters. The Balaban J connectivity index is 2.06. The summed E-state index contributed by atoms with van der Waals surface area (Å²) in [6, 6.07) is 13.2. The number of thiophene rings is 1. The summed E-state index contributed by atoms with van der Waals surface area (Å²) in [5.74, 6) is -1.58. The lowest BCUT2D eigenvalue weighted by Gasteiger charge is -2.23. The number of carboxylic acid groups (broad SMARTS) is 1. The number of rotatable bonds is 8. The molecule has 0 fully saturated rings. The van der Waals surface area contributed by atoms with E-state index >= 15 is 0 Å². The smallest absolute Gasteiger partial charge is 0.412 e. The third kappa shape index (κ3) is 6.41. The monoisotopic (exact) mass is 482 g/mol. The van der Waals surface area contributed by atoms with Gasteiger partial charge in [-0.25, -0.2) is 14.6 Å². The molecule has 9 heteroatoms. The van der Waals surface area contributed by atoms with Gasteiger partial charge >= 0.3 is 12.1 Å². The molecule has 2 aromatic heterocycles. The van der Waals surface area contributed by atoms with Gasteiger partial charge in [0.15, 0.2) is 5.78 Å². The molecule has 34 heavy (non-hydrogen) atoms. The maximum Gasteiger partial charge on any atom is 0.412 e.